The first-order chi connectivity index (χ1) is 14.6. The van der Waals surface area contributed by atoms with Crippen molar-refractivity contribution in [1.29, 1.82) is 0 Å². The maximum absolute atomic E-state index is 12.7. The fourth-order valence-electron chi connectivity index (χ4n) is 4.30. The summed E-state index contributed by atoms with van der Waals surface area (Å²) in [7, 11) is 1.88. The number of amides is 1. The Kier molecular flexibility index (Phi) is 4.24. The number of hydrogen-bond acceptors (Lipinski definition) is 4. The van der Waals surface area contributed by atoms with Gasteiger partial charge in [-0.25, -0.2) is 5.10 Å². The highest BCUT2D eigenvalue weighted by Gasteiger charge is 2.24. The highest BCUT2D eigenvalue weighted by atomic mass is 16.1. The lowest BCUT2D eigenvalue weighted by molar-refractivity contribution is 0.0946. The van der Waals surface area contributed by atoms with E-state index >= 15 is 0 Å². The standard InChI is InChI=1S/C23H21N5O2/c1-3-19-17-11-14(7-8-15(17)22(29)27-26-19)18-12-25-28(2)21(18)16-6-4-5-13-9-10-24-23(30)20(13)16/h4-8,11-12H,3,9-10H2,1-2H3,(H,24,30)(H,27,29). The predicted octanol–water partition coefficient (Wildman–Crippen LogP) is 2.84. The molecule has 0 bridgehead atoms. The summed E-state index contributed by atoms with van der Waals surface area (Å²) >= 11 is 0. The lowest BCUT2D eigenvalue weighted by Crippen LogP contribution is -2.32. The molecule has 1 aliphatic heterocycles. The zero-order valence-corrected chi connectivity index (χ0v) is 16.8. The number of aryl methyl sites for hydroxylation is 2. The Morgan fingerprint density at radius 2 is 1.97 bits per heavy atom. The van der Waals surface area contributed by atoms with Gasteiger partial charge in [0.25, 0.3) is 11.5 Å². The van der Waals surface area contributed by atoms with Crippen LogP contribution < -0.4 is 10.9 Å². The van der Waals surface area contributed by atoms with E-state index in [0.29, 0.717) is 23.9 Å². The van der Waals surface area contributed by atoms with Crippen LogP contribution in [0.3, 0.4) is 0 Å². The Balaban J connectivity index is 1.76. The molecule has 1 aliphatic rings. The molecular formula is C23H21N5O2. The largest absolute Gasteiger partial charge is 0.352 e. The van der Waals surface area contributed by atoms with Crippen LogP contribution in [0.1, 0.15) is 28.5 Å². The summed E-state index contributed by atoms with van der Waals surface area (Å²) in [6, 6.07) is 11.7. The van der Waals surface area contributed by atoms with Crippen molar-refractivity contribution in [3.05, 3.63) is 69.8 Å². The molecule has 0 fully saturated rings. The summed E-state index contributed by atoms with van der Waals surface area (Å²) in [6.07, 6.45) is 3.33. The fraction of sp³-hybridized carbons (Fsp3) is 0.217. The molecule has 5 rings (SSSR count). The summed E-state index contributed by atoms with van der Waals surface area (Å²) in [5.41, 5.74) is 5.98. The third kappa shape index (κ3) is 2.74. The Bertz CT molecular complexity index is 1370. The molecule has 2 N–H and O–H groups in total. The van der Waals surface area contributed by atoms with Crippen molar-refractivity contribution >= 4 is 16.7 Å². The van der Waals surface area contributed by atoms with Gasteiger partial charge in [0.05, 0.1) is 28.5 Å². The molecule has 1 amide bonds. The maximum Gasteiger partial charge on any atom is 0.272 e. The molecule has 3 heterocycles. The molecule has 2 aromatic carbocycles. The maximum atomic E-state index is 12.7. The van der Waals surface area contributed by atoms with Crippen LogP contribution in [0.15, 0.2) is 47.4 Å². The molecule has 0 saturated heterocycles. The molecule has 0 saturated carbocycles. The Hall–Kier alpha value is -3.74. The third-order valence-electron chi connectivity index (χ3n) is 5.76. The van der Waals surface area contributed by atoms with Crippen LogP contribution in [-0.4, -0.2) is 32.4 Å². The van der Waals surface area contributed by atoms with E-state index in [1.807, 2.05) is 56.6 Å². The van der Waals surface area contributed by atoms with E-state index in [1.54, 1.807) is 4.68 Å². The van der Waals surface area contributed by atoms with E-state index in [0.717, 1.165) is 45.4 Å². The molecular weight excluding hydrogens is 378 g/mol. The summed E-state index contributed by atoms with van der Waals surface area (Å²) < 4.78 is 1.80. The number of nitrogens with one attached hydrogen (secondary N) is 2. The van der Waals surface area contributed by atoms with E-state index in [-0.39, 0.29) is 11.5 Å². The molecule has 0 aliphatic carbocycles. The van der Waals surface area contributed by atoms with Gasteiger partial charge in [-0.2, -0.15) is 10.2 Å². The minimum atomic E-state index is -0.200. The van der Waals surface area contributed by atoms with E-state index in [1.165, 1.54) is 0 Å². The molecule has 2 aromatic heterocycles. The quantitative estimate of drug-likeness (QED) is 0.554. The molecule has 0 spiro atoms. The number of rotatable bonds is 3. The second-order valence-corrected chi connectivity index (χ2v) is 7.49. The van der Waals surface area contributed by atoms with Crippen LogP contribution >= 0.6 is 0 Å². The van der Waals surface area contributed by atoms with Crippen molar-refractivity contribution in [2.24, 2.45) is 7.05 Å². The van der Waals surface area contributed by atoms with Crippen LogP contribution in [0.25, 0.3) is 33.2 Å². The predicted molar refractivity (Wildman–Crippen MR) is 115 cm³/mol. The van der Waals surface area contributed by atoms with Gasteiger partial charge in [-0.15, -0.1) is 0 Å². The number of nitrogens with zero attached hydrogens (tertiary/aromatic N) is 3. The molecule has 7 nitrogen and oxygen atoms in total. The van der Waals surface area contributed by atoms with Gasteiger partial charge in [-0.1, -0.05) is 31.2 Å². The lowest BCUT2D eigenvalue weighted by Gasteiger charge is -2.20. The molecule has 4 aromatic rings. The van der Waals surface area contributed by atoms with Crippen molar-refractivity contribution in [3.63, 3.8) is 0 Å². The zero-order valence-electron chi connectivity index (χ0n) is 16.8. The van der Waals surface area contributed by atoms with Gasteiger partial charge >= 0.3 is 0 Å². The first-order valence-corrected chi connectivity index (χ1v) is 10.0. The van der Waals surface area contributed by atoms with Crippen LogP contribution in [0, 0.1) is 0 Å². The normalized spacial score (nSPS) is 13.3. The van der Waals surface area contributed by atoms with Crippen molar-refractivity contribution in [3.8, 4) is 22.4 Å². The van der Waals surface area contributed by atoms with Crippen LogP contribution in [0.4, 0.5) is 0 Å². The molecule has 30 heavy (non-hydrogen) atoms. The smallest absolute Gasteiger partial charge is 0.272 e. The first-order valence-electron chi connectivity index (χ1n) is 10.0. The van der Waals surface area contributed by atoms with Crippen molar-refractivity contribution in [1.82, 2.24) is 25.3 Å². The summed E-state index contributed by atoms with van der Waals surface area (Å²) in [5.74, 6) is -0.0542. The summed E-state index contributed by atoms with van der Waals surface area (Å²) in [6.45, 7) is 2.66. The number of benzene rings is 2. The summed E-state index contributed by atoms with van der Waals surface area (Å²) in [5, 5.41) is 15.7. The van der Waals surface area contributed by atoms with Gasteiger partial charge in [-0.3, -0.25) is 14.3 Å². The number of carbonyl (C=O) groups is 1. The monoisotopic (exact) mass is 399 g/mol. The highest BCUT2D eigenvalue weighted by Crippen LogP contribution is 2.36. The number of H-pyrrole nitrogens is 1. The van der Waals surface area contributed by atoms with Gasteiger partial charge in [-0.05, 0) is 36.1 Å². The van der Waals surface area contributed by atoms with Crippen molar-refractivity contribution in [2.75, 3.05) is 6.54 Å². The lowest BCUT2D eigenvalue weighted by atomic mass is 9.91. The topological polar surface area (TPSA) is 92.7 Å². The number of carbonyl (C=O) groups excluding carboxylic acids is 1. The van der Waals surface area contributed by atoms with Crippen molar-refractivity contribution in [2.45, 2.75) is 19.8 Å². The molecule has 7 heteroatoms. The van der Waals surface area contributed by atoms with E-state index < -0.39 is 0 Å². The van der Waals surface area contributed by atoms with Crippen LogP contribution in [0.5, 0.6) is 0 Å². The molecule has 0 radical (unpaired) electrons. The number of hydrogen-bond donors (Lipinski definition) is 2. The van der Waals surface area contributed by atoms with E-state index in [4.69, 9.17) is 0 Å². The third-order valence-corrected chi connectivity index (χ3v) is 5.76. The zero-order chi connectivity index (χ0) is 20.8. The number of aromatic amines is 1. The van der Waals surface area contributed by atoms with Gasteiger partial charge in [0.15, 0.2) is 0 Å². The Morgan fingerprint density at radius 1 is 1.10 bits per heavy atom. The molecule has 0 unspecified atom stereocenters. The average molecular weight is 399 g/mol. The summed E-state index contributed by atoms with van der Waals surface area (Å²) in [4.78, 5) is 24.9. The van der Waals surface area contributed by atoms with Gasteiger partial charge in [0, 0.05) is 30.1 Å². The minimum Gasteiger partial charge on any atom is -0.352 e. The first kappa shape index (κ1) is 18.3. The van der Waals surface area contributed by atoms with Gasteiger partial charge in [0.1, 0.15) is 0 Å². The fourth-order valence-corrected chi connectivity index (χ4v) is 4.30. The average Bonchev–Trinajstić information content (AvgIpc) is 3.15. The van der Waals surface area contributed by atoms with E-state index in [2.05, 4.69) is 20.6 Å². The Labute approximate surface area is 172 Å². The molecule has 150 valence electrons. The Morgan fingerprint density at radius 3 is 2.80 bits per heavy atom. The van der Waals surface area contributed by atoms with Gasteiger partial charge < -0.3 is 5.32 Å². The number of fused-ring (bicyclic) bond motifs is 2. The minimum absolute atomic E-state index is 0.0542. The second kappa shape index (κ2) is 6.95. The number of aromatic nitrogens is 4. The SMILES string of the molecule is CCc1n[nH]c(=O)c2ccc(-c3cnn(C)c3-c3cccc4c3C(=O)NCC4)cc12. The second-order valence-electron chi connectivity index (χ2n) is 7.49. The van der Waals surface area contributed by atoms with Crippen molar-refractivity contribution < 1.29 is 4.79 Å². The molecule has 0 atom stereocenters. The van der Waals surface area contributed by atoms with E-state index in [9.17, 15) is 9.59 Å². The van der Waals surface area contributed by atoms with Gasteiger partial charge in [0.2, 0.25) is 0 Å². The highest BCUT2D eigenvalue weighted by molar-refractivity contribution is 6.04. The van der Waals surface area contributed by atoms with Crippen LogP contribution in [-0.2, 0) is 19.9 Å². The van der Waals surface area contributed by atoms with Crippen LogP contribution in [0.2, 0.25) is 0 Å².